The van der Waals surface area contributed by atoms with Crippen molar-refractivity contribution in [2.75, 3.05) is 7.11 Å². The topological polar surface area (TPSA) is 26.3 Å². The Morgan fingerprint density at radius 3 is 2.71 bits per heavy atom. The molecule has 1 aromatic rings. The lowest BCUT2D eigenvalue weighted by atomic mass is 9.65. The van der Waals surface area contributed by atoms with Crippen molar-refractivity contribution in [3.63, 3.8) is 0 Å². The van der Waals surface area contributed by atoms with E-state index in [0.717, 1.165) is 30.2 Å². The predicted octanol–water partition coefficient (Wildman–Crippen LogP) is 3.64. The summed E-state index contributed by atoms with van der Waals surface area (Å²) in [7, 11) is 1.48. The van der Waals surface area contributed by atoms with Crippen LogP contribution in [0.25, 0.3) is 0 Å². The fourth-order valence-corrected chi connectivity index (χ4v) is 2.88. The van der Waals surface area contributed by atoms with E-state index < -0.39 is 0 Å². The van der Waals surface area contributed by atoms with Crippen LogP contribution in [0.4, 0.5) is 0 Å². The zero-order valence-electron chi connectivity index (χ0n) is 10.3. The SMILES string of the molecule is COC(=O)C1(Cc2cc(Br)ccc2C)CCC1. The van der Waals surface area contributed by atoms with Crippen LogP contribution in [0.1, 0.15) is 30.4 Å². The number of methoxy groups -OCH3 is 1. The summed E-state index contributed by atoms with van der Waals surface area (Å²) in [5.41, 5.74) is 2.22. The molecule has 0 heterocycles. The van der Waals surface area contributed by atoms with Crippen molar-refractivity contribution in [3.05, 3.63) is 33.8 Å². The van der Waals surface area contributed by atoms with Gasteiger partial charge in [0.2, 0.25) is 0 Å². The number of benzene rings is 1. The molecule has 1 aromatic carbocycles. The standard InChI is InChI=1S/C14H17BrO2/c1-10-4-5-12(15)8-11(10)9-14(6-3-7-14)13(16)17-2/h4-5,8H,3,6-7,9H2,1-2H3. The summed E-state index contributed by atoms with van der Waals surface area (Å²) >= 11 is 3.48. The Balaban J connectivity index is 2.24. The van der Waals surface area contributed by atoms with Crippen molar-refractivity contribution >= 4 is 21.9 Å². The Bertz CT molecular complexity index is 436. The maximum absolute atomic E-state index is 11.9. The number of halogens is 1. The number of ether oxygens (including phenoxy) is 1. The van der Waals surface area contributed by atoms with E-state index in [-0.39, 0.29) is 11.4 Å². The smallest absolute Gasteiger partial charge is 0.312 e. The van der Waals surface area contributed by atoms with Crippen molar-refractivity contribution in [1.82, 2.24) is 0 Å². The zero-order valence-corrected chi connectivity index (χ0v) is 11.8. The van der Waals surface area contributed by atoms with Gasteiger partial charge in [0.05, 0.1) is 12.5 Å². The van der Waals surface area contributed by atoms with E-state index in [1.165, 1.54) is 18.2 Å². The van der Waals surface area contributed by atoms with Crippen molar-refractivity contribution in [2.24, 2.45) is 5.41 Å². The van der Waals surface area contributed by atoms with Crippen LogP contribution >= 0.6 is 15.9 Å². The Morgan fingerprint density at radius 1 is 1.47 bits per heavy atom. The monoisotopic (exact) mass is 296 g/mol. The molecule has 92 valence electrons. The van der Waals surface area contributed by atoms with E-state index in [0.29, 0.717) is 0 Å². The molecule has 2 rings (SSSR count). The predicted molar refractivity (Wildman–Crippen MR) is 70.9 cm³/mol. The Kier molecular flexibility index (Phi) is 3.57. The molecule has 17 heavy (non-hydrogen) atoms. The molecular weight excluding hydrogens is 280 g/mol. The third kappa shape index (κ3) is 2.39. The second-order valence-electron chi connectivity index (χ2n) is 4.87. The van der Waals surface area contributed by atoms with Crippen molar-refractivity contribution in [1.29, 1.82) is 0 Å². The third-order valence-corrected chi connectivity index (χ3v) is 4.26. The molecule has 0 atom stereocenters. The maximum atomic E-state index is 11.9. The first-order valence-electron chi connectivity index (χ1n) is 5.91. The zero-order chi connectivity index (χ0) is 12.5. The Labute approximate surface area is 110 Å². The number of hydrogen-bond acceptors (Lipinski definition) is 2. The van der Waals surface area contributed by atoms with Gasteiger partial charge in [0.25, 0.3) is 0 Å². The molecule has 0 bridgehead atoms. The molecule has 1 aliphatic carbocycles. The first kappa shape index (κ1) is 12.6. The van der Waals surface area contributed by atoms with E-state index >= 15 is 0 Å². The second kappa shape index (κ2) is 4.81. The molecule has 0 saturated heterocycles. The van der Waals surface area contributed by atoms with Gasteiger partial charge in [-0.2, -0.15) is 0 Å². The van der Waals surface area contributed by atoms with Gasteiger partial charge in [0.1, 0.15) is 0 Å². The van der Waals surface area contributed by atoms with Crippen LogP contribution in [0.3, 0.4) is 0 Å². The molecule has 1 saturated carbocycles. The lowest BCUT2D eigenvalue weighted by Crippen LogP contribution is -2.41. The van der Waals surface area contributed by atoms with Gasteiger partial charge < -0.3 is 4.74 Å². The van der Waals surface area contributed by atoms with Crippen LogP contribution in [-0.2, 0) is 16.0 Å². The van der Waals surface area contributed by atoms with Crippen LogP contribution in [0.15, 0.2) is 22.7 Å². The van der Waals surface area contributed by atoms with Gasteiger partial charge in [-0.25, -0.2) is 0 Å². The molecule has 2 nitrogen and oxygen atoms in total. The quantitative estimate of drug-likeness (QED) is 0.796. The molecule has 1 fully saturated rings. The summed E-state index contributed by atoms with van der Waals surface area (Å²) in [6, 6.07) is 6.23. The van der Waals surface area contributed by atoms with Crippen LogP contribution in [0, 0.1) is 12.3 Å². The summed E-state index contributed by atoms with van der Waals surface area (Å²) < 4.78 is 6.02. The average molecular weight is 297 g/mol. The lowest BCUT2D eigenvalue weighted by molar-refractivity contribution is -0.158. The van der Waals surface area contributed by atoms with Crippen molar-refractivity contribution in [2.45, 2.75) is 32.6 Å². The summed E-state index contributed by atoms with van der Waals surface area (Å²) in [5, 5.41) is 0. The molecule has 0 amide bonds. The first-order chi connectivity index (χ1) is 8.07. The first-order valence-corrected chi connectivity index (χ1v) is 6.70. The fourth-order valence-electron chi connectivity index (χ4n) is 2.47. The number of esters is 1. The average Bonchev–Trinajstić information content (AvgIpc) is 2.27. The van der Waals surface area contributed by atoms with Gasteiger partial charge in [-0.3, -0.25) is 4.79 Å². The molecule has 0 aromatic heterocycles. The van der Waals surface area contributed by atoms with Gasteiger partial charge in [-0.1, -0.05) is 28.4 Å². The highest BCUT2D eigenvalue weighted by Gasteiger charge is 2.45. The largest absolute Gasteiger partial charge is 0.469 e. The van der Waals surface area contributed by atoms with Crippen LogP contribution in [0.5, 0.6) is 0 Å². The van der Waals surface area contributed by atoms with E-state index in [9.17, 15) is 4.79 Å². The number of carbonyl (C=O) groups is 1. The molecule has 0 N–H and O–H groups in total. The van der Waals surface area contributed by atoms with E-state index in [1.807, 2.05) is 6.07 Å². The fraction of sp³-hybridized carbons (Fsp3) is 0.500. The third-order valence-electron chi connectivity index (χ3n) is 3.77. The van der Waals surface area contributed by atoms with Crippen molar-refractivity contribution in [3.8, 4) is 0 Å². The highest BCUT2D eigenvalue weighted by Crippen LogP contribution is 2.45. The second-order valence-corrected chi connectivity index (χ2v) is 5.79. The molecule has 0 unspecified atom stereocenters. The van der Waals surface area contributed by atoms with Crippen LogP contribution in [0.2, 0.25) is 0 Å². The molecule has 0 aliphatic heterocycles. The molecular formula is C14H17BrO2. The summed E-state index contributed by atoms with van der Waals surface area (Å²) in [6.45, 7) is 2.09. The number of aryl methyl sites for hydroxylation is 1. The highest BCUT2D eigenvalue weighted by atomic mass is 79.9. The minimum absolute atomic E-state index is 0.0527. The molecule has 0 spiro atoms. The summed E-state index contributed by atoms with van der Waals surface area (Å²) in [6.07, 6.45) is 3.82. The summed E-state index contributed by atoms with van der Waals surface area (Å²) in [4.78, 5) is 11.9. The molecule has 3 heteroatoms. The van der Waals surface area contributed by atoms with Crippen LogP contribution < -0.4 is 0 Å². The molecule has 0 radical (unpaired) electrons. The summed E-state index contributed by atoms with van der Waals surface area (Å²) in [5.74, 6) is -0.0527. The highest BCUT2D eigenvalue weighted by molar-refractivity contribution is 9.10. The normalized spacial score (nSPS) is 17.4. The van der Waals surface area contributed by atoms with Gasteiger partial charge in [-0.15, -0.1) is 0 Å². The Hall–Kier alpha value is -0.830. The van der Waals surface area contributed by atoms with E-state index in [4.69, 9.17) is 4.74 Å². The Morgan fingerprint density at radius 2 is 2.18 bits per heavy atom. The van der Waals surface area contributed by atoms with Gasteiger partial charge >= 0.3 is 5.97 Å². The van der Waals surface area contributed by atoms with E-state index in [1.54, 1.807) is 0 Å². The van der Waals surface area contributed by atoms with Gasteiger partial charge in [0, 0.05) is 4.47 Å². The minimum Gasteiger partial charge on any atom is -0.469 e. The van der Waals surface area contributed by atoms with Gasteiger partial charge in [0.15, 0.2) is 0 Å². The van der Waals surface area contributed by atoms with E-state index in [2.05, 4.69) is 35.0 Å². The maximum Gasteiger partial charge on any atom is 0.312 e. The van der Waals surface area contributed by atoms with Gasteiger partial charge in [-0.05, 0) is 49.4 Å². The van der Waals surface area contributed by atoms with Crippen LogP contribution in [-0.4, -0.2) is 13.1 Å². The molecule has 1 aliphatic rings. The number of carbonyl (C=O) groups excluding carboxylic acids is 1. The number of hydrogen-bond donors (Lipinski definition) is 0. The van der Waals surface area contributed by atoms with Crippen molar-refractivity contribution < 1.29 is 9.53 Å². The number of rotatable bonds is 3. The lowest BCUT2D eigenvalue weighted by Gasteiger charge is -2.39. The minimum atomic E-state index is -0.264.